The molecule has 0 aliphatic rings. The molecule has 7 heteroatoms. The monoisotopic (exact) mass is 244 g/mol. The zero-order chi connectivity index (χ0) is 11.2. The number of rotatable bonds is 7. The van der Waals surface area contributed by atoms with Crippen LogP contribution in [0.5, 0.6) is 0 Å². The summed E-state index contributed by atoms with van der Waals surface area (Å²) >= 11 is 0. The molecule has 0 radical (unpaired) electrons. The minimum absolute atomic E-state index is 0.279. The molecule has 0 saturated heterocycles. The van der Waals surface area contributed by atoms with Crippen LogP contribution < -0.4 is 0 Å². The van der Waals surface area contributed by atoms with E-state index in [1.807, 2.05) is 6.92 Å². The van der Waals surface area contributed by atoms with Crippen molar-refractivity contribution in [1.29, 1.82) is 0 Å². The fraction of sp³-hybridized carbons (Fsp3) is 1.00. The van der Waals surface area contributed by atoms with E-state index in [0.29, 0.717) is 6.42 Å². The molecule has 0 fully saturated rings. The summed E-state index contributed by atoms with van der Waals surface area (Å²) in [5, 5.41) is 0. The molecule has 0 spiro atoms. The molecular weight excluding hydrogens is 226 g/mol. The molecule has 1 N–H and O–H groups in total. The van der Waals surface area contributed by atoms with Crippen LogP contribution in [0.15, 0.2) is 0 Å². The maximum absolute atomic E-state index is 11.3. The summed E-state index contributed by atoms with van der Waals surface area (Å²) in [5.41, 5.74) is 0. The van der Waals surface area contributed by atoms with E-state index in [-0.39, 0.29) is 12.7 Å². The molecule has 3 atom stereocenters. The van der Waals surface area contributed by atoms with Gasteiger partial charge in [0.2, 0.25) is 8.03 Å². The molecule has 0 rings (SSSR count). The minimum atomic E-state index is -3.74. The van der Waals surface area contributed by atoms with Crippen LogP contribution in [0.3, 0.4) is 0 Å². The van der Waals surface area contributed by atoms with Gasteiger partial charge < -0.3 is 13.9 Å². The van der Waals surface area contributed by atoms with Gasteiger partial charge in [-0.05, 0) is 20.3 Å². The van der Waals surface area contributed by atoms with Gasteiger partial charge in [-0.15, -0.1) is 0 Å². The summed E-state index contributed by atoms with van der Waals surface area (Å²) in [6.45, 7) is 5.50. The minimum Gasteiger partial charge on any atom is -0.330 e. The second kappa shape index (κ2) is 6.76. The van der Waals surface area contributed by atoms with E-state index in [4.69, 9.17) is 9.05 Å². The number of hydrogen-bond acceptors (Lipinski definition) is 4. The standard InChI is InChI=1S/C7H18O5P2/c1-4-7(3)12-14(9,10)6-13(8)11-5-2/h7,13H,4-6H2,1-3H3,(H,9,10). The van der Waals surface area contributed by atoms with Crippen molar-refractivity contribution in [1.82, 2.24) is 0 Å². The Labute approximate surface area is 85.2 Å². The van der Waals surface area contributed by atoms with Gasteiger partial charge in [0.25, 0.3) is 0 Å². The molecule has 5 nitrogen and oxygen atoms in total. The molecule has 0 bridgehead atoms. The third-order valence-electron chi connectivity index (χ3n) is 1.55. The van der Waals surface area contributed by atoms with Crippen molar-refractivity contribution < 1.29 is 23.1 Å². The van der Waals surface area contributed by atoms with Crippen molar-refractivity contribution in [2.75, 3.05) is 12.5 Å². The van der Waals surface area contributed by atoms with Crippen LogP contribution in [-0.4, -0.2) is 23.5 Å². The van der Waals surface area contributed by atoms with Gasteiger partial charge in [-0.2, -0.15) is 0 Å². The highest BCUT2D eigenvalue weighted by atomic mass is 31.2. The van der Waals surface area contributed by atoms with Gasteiger partial charge in [0.05, 0.1) is 12.7 Å². The Morgan fingerprint density at radius 3 is 2.50 bits per heavy atom. The fourth-order valence-corrected chi connectivity index (χ4v) is 3.76. The van der Waals surface area contributed by atoms with Crippen molar-refractivity contribution in [3.63, 3.8) is 0 Å². The van der Waals surface area contributed by atoms with E-state index >= 15 is 0 Å². The molecular formula is C7H18O5P2. The van der Waals surface area contributed by atoms with Crippen molar-refractivity contribution in [2.24, 2.45) is 0 Å². The molecule has 0 aromatic carbocycles. The van der Waals surface area contributed by atoms with Crippen LogP contribution in [0.4, 0.5) is 0 Å². The highest BCUT2D eigenvalue weighted by Gasteiger charge is 2.25. The lowest BCUT2D eigenvalue weighted by Crippen LogP contribution is -2.05. The van der Waals surface area contributed by atoms with Crippen molar-refractivity contribution in [3.8, 4) is 0 Å². The van der Waals surface area contributed by atoms with Gasteiger partial charge in [0.1, 0.15) is 5.90 Å². The van der Waals surface area contributed by atoms with Gasteiger partial charge in [-0.1, -0.05) is 6.92 Å². The Morgan fingerprint density at radius 2 is 2.07 bits per heavy atom. The smallest absolute Gasteiger partial charge is 0.330 e. The van der Waals surface area contributed by atoms with E-state index < -0.39 is 21.5 Å². The fourth-order valence-electron chi connectivity index (χ4n) is 0.763. The van der Waals surface area contributed by atoms with Crippen LogP contribution in [-0.2, 0) is 18.2 Å². The average molecular weight is 244 g/mol. The SMILES string of the molecule is CCO[PH](=O)CP(=O)(O)OC(C)CC. The van der Waals surface area contributed by atoms with Gasteiger partial charge in [-0.25, -0.2) is 0 Å². The first-order valence-corrected chi connectivity index (χ1v) is 7.85. The topological polar surface area (TPSA) is 72.8 Å². The average Bonchev–Trinajstić information content (AvgIpc) is 2.02. The molecule has 0 aromatic rings. The normalized spacial score (nSPS) is 20.0. The first-order chi connectivity index (χ1) is 6.41. The van der Waals surface area contributed by atoms with E-state index in [1.165, 1.54) is 0 Å². The van der Waals surface area contributed by atoms with Gasteiger partial charge in [-0.3, -0.25) is 9.13 Å². The second-order valence-corrected chi connectivity index (χ2v) is 6.71. The largest absolute Gasteiger partial charge is 0.337 e. The first-order valence-electron chi connectivity index (χ1n) is 4.57. The molecule has 0 aromatic heterocycles. The Hall–Kier alpha value is 0.340. The summed E-state index contributed by atoms with van der Waals surface area (Å²) in [6, 6.07) is 0. The molecule has 0 aliphatic heterocycles. The van der Waals surface area contributed by atoms with Gasteiger partial charge in [0, 0.05) is 0 Å². The summed E-state index contributed by atoms with van der Waals surface area (Å²) in [6.07, 6.45) is 0.336. The van der Waals surface area contributed by atoms with Gasteiger partial charge >= 0.3 is 7.60 Å². The predicted molar refractivity (Wildman–Crippen MR) is 56.2 cm³/mol. The molecule has 86 valence electrons. The van der Waals surface area contributed by atoms with Crippen molar-refractivity contribution >= 4 is 15.6 Å². The molecule has 0 aliphatic carbocycles. The first kappa shape index (κ1) is 14.3. The van der Waals surface area contributed by atoms with Crippen LogP contribution in [0, 0.1) is 0 Å². The van der Waals surface area contributed by atoms with E-state index in [2.05, 4.69) is 0 Å². The maximum Gasteiger partial charge on any atom is 0.337 e. The number of hydrogen-bond donors (Lipinski definition) is 1. The van der Waals surface area contributed by atoms with Crippen molar-refractivity contribution in [3.05, 3.63) is 0 Å². The molecule has 3 unspecified atom stereocenters. The summed E-state index contributed by atoms with van der Waals surface area (Å²) in [5.74, 6) is -0.393. The van der Waals surface area contributed by atoms with Crippen molar-refractivity contribution in [2.45, 2.75) is 33.3 Å². The maximum atomic E-state index is 11.3. The third kappa shape index (κ3) is 6.74. The van der Waals surface area contributed by atoms with E-state index in [0.717, 1.165) is 0 Å². The Balaban J connectivity index is 4.06. The summed E-state index contributed by atoms with van der Waals surface area (Å²) < 4.78 is 32.0. The zero-order valence-electron chi connectivity index (χ0n) is 8.73. The highest BCUT2D eigenvalue weighted by molar-refractivity contribution is 7.65. The molecule has 0 heterocycles. The Kier molecular flexibility index (Phi) is 6.92. The summed E-state index contributed by atoms with van der Waals surface area (Å²) in [7, 11) is -6.18. The zero-order valence-corrected chi connectivity index (χ0v) is 10.6. The third-order valence-corrected chi connectivity index (χ3v) is 5.49. The van der Waals surface area contributed by atoms with E-state index in [1.54, 1.807) is 13.8 Å². The van der Waals surface area contributed by atoms with Crippen LogP contribution in [0.2, 0.25) is 0 Å². The van der Waals surface area contributed by atoms with E-state index in [9.17, 15) is 14.0 Å². The van der Waals surface area contributed by atoms with Gasteiger partial charge in [0.15, 0.2) is 0 Å². The quantitative estimate of drug-likeness (QED) is 0.696. The Bertz CT molecular complexity index is 230. The van der Waals surface area contributed by atoms with Crippen LogP contribution in [0.1, 0.15) is 27.2 Å². The van der Waals surface area contributed by atoms with Crippen LogP contribution >= 0.6 is 15.6 Å². The molecule has 14 heavy (non-hydrogen) atoms. The lowest BCUT2D eigenvalue weighted by molar-refractivity contribution is 0.187. The highest BCUT2D eigenvalue weighted by Crippen LogP contribution is 2.51. The predicted octanol–water partition coefficient (Wildman–Crippen LogP) is 2.46. The molecule has 0 amide bonds. The lowest BCUT2D eigenvalue weighted by Gasteiger charge is -2.16. The Morgan fingerprint density at radius 1 is 1.50 bits per heavy atom. The van der Waals surface area contributed by atoms with Crippen LogP contribution in [0.25, 0.3) is 0 Å². The lowest BCUT2D eigenvalue weighted by atomic mass is 10.3. The second-order valence-electron chi connectivity index (χ2n) is 2.92. The molecule has 0 saturated carbocycles. The summed E-state index contributed by atoms with van der Waals surface area (Å²) in [4.78, 5) is 9.29.